The molecular formula is C22H25N3O4. The van der Waals surface area contributed by atoms with E-state index in [1.54, 1.807) is 24.3 Å². The molecule has 2 aromatic rings. The Balaban J connectivity index is 1.79. The summed E-state index contributed by atoms with van der Waals surface area (Å²) < 4.78 is 5.47. The van der Waals surface area contributed by atoms with E-state index in [-0.39, 0.29) is 30.8 Å². The summed E-state index contributed by atoms with van der Waals surface area (Å²) in [5.74, 6) is 0.203. The number of urea groups is 1. The molecule has 7 heteroatoms. The van der Waals surface area contributed by atoms with Crippen molar-refractivity contribution in [2.45, 2.75) is 32.7 Å². The molecule has 7 nitrogen and oxygen atoms in total. The highest BCUT2D eigenvalue weighted by atomic mass is 16.5. The van der Waals surface area contributed by atoms with Crippen molar-refractivity contribution >= 4 is 23.5 Å². The summed E-state index contributed by atoms with van der Waals surface area (Å²) in [6, 6.07) is 13.9. The van der Waals surface area contributed by atoms with Crippen molar-refractivity contribution in [3.63, 3.8) is 0 Å². The van der Waals surface area contributed by atoms with Crippen molar-refractivity contribution < 1.29 is 19.1 Å². The molecule has 1 aliphatic rings. The van der Waals surface area contributed by atoms with Crippen LogP contribution in [0.15, 0.2) is 48.5 Å². The molecular weight excluding hydrogens is 370 g/mol. The summed E-state index contributed by atoms with van der Waals surface area (Å²) >= 11 is 0. The van der Waals surface area contributed by atoms with Gasteiger partial charge < -0.3 is 10.1 Å². The summed E-state index contributed by atoms with van der Waals surface area (Å²) in [6.45, 7) is 4.76. The number of imide groups is 1. The van der Waals surface area contributed by atoms with E-state index in [1.807, 2.05) is 38.1 Å². The largest absolute Gasteiger partial charge is 0.494 e. The first-order valence-electron chi connectivity index (χ1n) is 9.77. The molecule has 1 fully saturated rings. The minimum atomic E-state index is -0.514. The van der Waals surface area contributed by atoms with Crippen molar-refractivity contribution in [3.8, 4) is 5.75 Å². The Hall–Kier alpha value is -3.35. The highest BCUT2D eigenvalue weighted by Gasteiger charge is 2.27. The number of benzene rings is 2. The van der Waals surface area contributed by atoms with Crippen LogP contribution in [0.4, 0.5) is 10.5 Å². The number of anilines is 1. The van der Waals surface area contributed by atoms with Gasteiger partial charge in [0.25, 0.3) is 5.91 Å². The Kier molecular flexibility index (Phi) is 6.49. The zero-order chi connectivity index (χ0) is 20.8. The Morgan fingerprint density at radius 2 is 1.86 bits per heavy atom. The number of nitrogens with one attached hydrogen (secondary N) is 2. The molecule has 1 unspecified atom stereocenters. The second-order valence-corrected chi connectivity index (χ2v) is 6.71. The lowest BCUT2D eigenvalue weighted by atomic mass is 10.0. The molecule has 0 bridgehead atoms. The van der Waals surface area contributed by atoms with Gasteiger partial charge in [0, 0.05) is 13.0 Å². The number of ether oxygens (including phenoxy) is 1. The Labute approximate surface area is 170 Å². The topological polar surface area (TPSA) is 87.7 Å². The van der Waals surface area contributed by atoms with Gasteiger partial charge in [-0.1, -0.05) is 31.2 Å². The predicted octanol–water partition coefficient (Wildman–Crippen LogP) is 3.41. The molecule has 2 aromatic carbocycles. The molecule has 1 aliphatic heterocycles. The van der Waals surface area contributed by atoms with Crippen molar-refractivity contribution in [1.29, 1.82) is 0 Å². The lowest BCUT2D eigenvalue weighted by molar-refractivity contribution is -0.120. The Bertz CT molecular complexity index is 895. The van der Waals surface area contributed by atoms with E-state index in [0.29, 0.717) is 24.3 Å². The number of carbonyl (C=O) groups excluding carboxylic acids is 3. The van der Waals surface area contributed by atoms with E-state index < -0.39 is 6.03 Å². The molecule has 29 heavy (non-hydrogen) atoms. The van der Waals surface area contributed by atoms with E-state index in [9.17, 15) is 14.4 Å². The molecule has 4 amide bonds. The van der Waals surface area contributed by atoms with Gasteiger partial charge in [-0.15, -0.1) is 0 Å². The van der Waals surface area contributed by atoms with Gasteiger partial charge in [-0.2, -0.15) is 0 Å². The number of amides is 4. The van der Waals surface area contributed by atoms with E-state index in [0.717, 1.165) is 11.3 Å². The molecule has 0 radical (unpaired) electrons. The van der Waals surface area contributed by atoms with Crippen molar-refractivity contribution in [3.05, 3.63) is 59.7 Å². The van der Waals surface area contributed by atoms with Gasteiger partial charge in [0.1, 0.15) is 5.75 Å². The minimum absolute atomic E-state index is 0.178. The normalized spacial score (nSPS) is 14.9. The molecule has 1 heterocycles. The van der Waals surface area contributed by atoms with Crippen LogP contribution in [-0.2, 0) is 4.79 Å². The molecule has 0 aromatic heterocycles. The Morgan fingerprint density at radius 1 is 1.14 bits per heavy atom. The number of para-hydroxylation sites is 1. The van der Waals surface area contributed by atoms with Crippen LogP contribution in [0.2, 0.25) is 0 Å². The van der Waals surface area contributed by atoms with E-state index in [2.05, 4.69) is 10.6 Å². The molecule has 0 saturated carbocycles. The van der Waals surface area contributed by atoms with Crippen LogP contribution in [0.25, 0.3) is 0 Å². The first-order valence-corrected chi connectivity index (χ1v) is 9.77. The summed E-state index contributed by atoms with van der Waals surface area (Å²) in [5.41, 5.74) is 1.85. The van der Waals surface area contributed by atoms with Crippen LogP contribution >= 0.6 is 0 Å². The first kappa shape index (κ1) is 20.4. The molecule has 0 spiro atoms. The third-order valence-corrected chi connectivity index (χ3v) is 4.80. The highest BCUT2D eigenvalue weighted by Crippen LogP contribution is 2.25. The van der Waals surface area contributed by atoms with Gasteiger partial charge >= 0.3 is 6.03 Å². The summed E-state index contributed by atoms with van der Waals surface area (Å²) in [6.07, 6.45) is 0.909. The molecule has 1 atom stereocenters. The Morgan fingerprint density at radius 3 is 2.52 bits per heavy atom. The number of carbonyl (C=O) groups is 3. The van der Waals surface area contributed by atoms with Crippen LogP contribution in [0.5, 0.6) is 5.75 Å². The average molecular weight is 395 g/mol. The van der Waals surface area contributed by atoms with Crippen molar-refractivity contribution in [1.82, 2.24) is 10.6 Å². The fourth-order valence-electron chi connectivity index (χ4n) is 3.32. The summed E-state index contributed by atoms with van der Waals surface area (Å²) in [7, 11) is 0. The molecule has 2 N–H and O–H groups in total. The first-order chi connectivity index (χ1) is 14.0. The fourth-order valence-corrected chi connectivity index (χ4v) is 3.32. The van der Waals surface area contributed by atoms with Crippen molar-refractivity contribution in [2.24, 2.45) is 0 Å². The maximum atomic E-state index is 13.0. The van der Waals surface area contributed by atoms with Crippen LogP contribution < -0.4 is 20.3 Å². The lowest BCUT2D eigenvalue weighted by Crippen LogP contribution is -2.50. The van der Waals surface area contributed by atoms with Gasteiger partial charge in [0.05, 0.1) is 23.9 Å². The van der Waals surface area contributed by atoms with Crippen LogP contribution in [0.1, 0.15) is 48.7 Å². The SMILES string of the molecule is CCOc1ccc(C(CC)NC(=O)c2ccccc2N2CCC(=O)NC2=O)cc1. The zero-order valence-corrected chi connectivity index (χ0v) is 16.6. The monoisotopic (exact) mass is 395 g/mol. The lowest BCUT2D eigenvalue weighted by Gasteiger charge is -2.28. The van der Waals surface area contributed by atoms with Crippen molar-refractivity contribution in [2.75, 3.05) is 18.1 Å². The number of hydrogen-bond acceptors (Lipinski definition) is 4. The second kappa shape index (κ2) is 9.23. The smallest absolute Gasteiger partial charge is 0.328 e. The number of rotatable bonds is 7. The third kappa shape index (κ3) is 4.74. The highest BCUT2D eigenvalue weighted by molar-refractivity contribution is 6.09. The molecule has 1 saturated heterocycles. The van der Waals surface area contributed by atoms with E-state index >= 15 is 0 Å². The zero-order valence-electron chi connectivity index (χ0n) is 16.6. The maximum Gasteiger partial charge on any atom is 0.328 e. The summed E-state index contributed by atoms with van der Waals surface area (Å²) in [5, 5.41) is 5.34. The van der Waals surface area contributed by atoms with Crippen LogP contribution in [0, 0.1) is 0 Å². The quantitative estimate of drug-likeness (QED) is 0.752. The summed E-state index contributed by atoms with van der Waals surface area (Å²) in [4.78, 5) is 38.1. The molecule has 3 rings (SSSR count). The molecule has 152 valence electrons. The maximum absolute atomic E-state index is 13.0. The van der Waals surface area contributed by atoms with Gasteiger partial charge in [-0.3, -0.25) is 19.8 Å². The average Bonchev–Trinajstić information content (AvgIpc) is 2.73. The van der Waals surface area contributed by atoms with Gasteiger partial charge in [-0.25, -0.2) is 4.79 Å². The molecule has 0 aliphatic carbocycles. The number of hydrogen-bond donors (Lipinski definition) is 2. The minimum Gasteiger partial charge on any atom is -0.494 e. The standard InChI is InChI=1S/C22H25N3O4/c1-3-18(15-9-11-16(12-10-15)29-4-2)23-21(27)17-7-5-6-8-19(17)25-14-13-20(26)24-22(25)28/h5-12,18H,3-4,13-14H2,1-2H3,(H,23,27)(H,24,26,28). The van der Waals surface area contributed by atoms with Gasteiger partial charge in [0.2, 0.25) is 5.91 Å². The number of nitrogens with zero attached hydrogens (tertiary/aromatic N) is 1. The van der Waals surface area contributed by atoms with Gasteiger partial charge in [-0.05, 0) is 43.2 Å². The fraction of sp³-hybridized carbons (Fsp3) is 0.318. The predicted molar refractivity (Wildman–Crippen MR) is 110 cm³/mol. The van der Waals surface area contributed by atoms with Crippen LogP contribution in [0.3, 0.4) is 0 Å². The van der Waals surface area contributed by atoms with Gasteiger partial charge in [0.15, 0.2) is 0 Å². The third-order valence-electron chi connectivity index (χ3n) is 4.80. The second-order valence-electron chi connectivity index (χ2n) is 6.71. The van der Waals surface area contributed by atoms with E-state index in [1.165, 1.54) is 4.90 Å². The van der Waals surface area contributed by atoms with Crippen LogP contribution in [-0.4, -0.2) is 31.0 Å². The van der Waals surface area contributed by atoms with E-state index in [4.69, 9.17) is 4.74 Å².